The van der Waals surface area contributed by atoms with Crippen LogP contribution in [0.1, 0.15) is 11.1 Å². The molecule has 0 unspecified atom stereocenters. The minimum Gasteiger partial charge on any atom is -0.496 e. The maximum Gasteiger partial charge on any atom is 0.418 e. The molecular weight excluding hydrogens is 353 g/mol. The quantitative estimate of drug-likeness (QED) is 0.333. The van der Waals surface area contributed by atoms with Gasteiger partial charge in [0, 0.05) is 16.9 Å². The second kappa shape index (κ2) is 7.84. The summed E-state index contributed by atoms with van der Waals surface area (Å²) in [6, 6.07) is 10.6. The van der Waals surface area contributed by atoms with Gasteiger partial charge in [-0.25, -0.2) is 0 Å². The van der Waals surface area contributed by atoms with E-state index in [1.807, 2.05) is 12.1 Å². The van der Waals surface area contributed by atoms with Gasteiger partial charge in [-0.05, 0) is 42.5 Å². The topological polar surface area (TPSA) is 71.7 Å². The molecule has 0 fully saturated rings. The molecule has 2 aromatic rings. The van der Waals surface area contributed by atoms with Crippen molar-refractivity contribution in [1.82, 2.24) is 5.43 Å². The van der Waals surface area contributed by atoms with E-state index < -0.39 is 11.7 Å². The van der Waals surface area contributed by atoms with Crippen LogP contribution in [-0.4, -0.2) is 18.4 Å². The van der Waals surface area contributed by atoms with Crippen LogP contribution in [0.2, 0.25) is 0 Å². The van der Waals surface area contributed by atoms with Gasteiger partial charge in [0.05, 0.1) is 18.9 Å². The summed E-state index contributed by atoms with van der Waals surface area (Å²) in [6.07, 6.45) is -3.06. The number of hydrogen-bond acceptors (Lipinski definition) is 4. The number of nitrogens with one attached hydrogen (secondary N) is 2. The number of para-hydroxylation sites is 1. The Labute approximate surface area is 147 Å². The smallest absolute Gasteiger partial charge is 0.418 e. The Bertz CT molecular complexity index is 793. The highest BCUT2D eigenvalue weighted by molar-refractivity contribution is 7.80. The Morgan fingerprint density at radius 3 is 2.64 bits per heavy atom. The molecular formula is C16H15F3N4OS. The number of benzene rings is 2. The summed E-state index contributed by atoms with van der Waals surface area (Å²) < 4.78 is 43.7. The zero-order valence-corrected chi connectivity index (χ0v) is 13.9. The first kappa shape index (κ1) is 18.5. The first-order valence-corrected chi connectivity index (χ1v) is 7.42. The number of halogens is 3. The number of hydrogen-bond donors (Lipinski definition) is 3. The third kappa shape index (κ3) is 5.08. The zero-order chi connectivity index (χ0) is 18.4. The SMILES string of the molecule is COc1ccccc1C=NNC(=S)Nc1ccc(N)c(C(F)(F)F)c1. The molecule has 0 spiro atoms. The van der Waals surface area contributed by atoms with E-state index in [2.05, 4.69) is 15.8 Å². The van der Waals surface area contributed by atoms with E-state index in [-0.39, 0.29) is 16.5 Å². The van der Waals surface area contributed by atoms with E-state index in [0.717, 1.165) is 12.1 Å². The number of alkyl halides is 3. The molecule has 0 aliphatic carbocycles. The Kier molecular flexibility index (Phi) is 5.81. The van der Waals surface area contributed by atoms with E-state index in [1.54, 1.807) is 12.1 Å². The van der Waals surface area contributed by atoms with Crippen molar-refractivity contribution >= 4 is 34.9 Å². The molecule has 4 N–H and O–H groups in total. The van der Waals surface area contributed by atoms with Crippen molar-refractivity contribution in [3.63, 3.8) is 0 Å². The average molecular weight is 368 g/mol. The molecule has 0 aromatic heterocycles. The van der Waals surface area contributed by atoms with Crippen LogP contribution in [0.5, 0.6) is 5.75 Å². The summed E-state index contributed by atoms with van der Waals surface area (Å²) in [7, 11) is 1.53. The molecule has 0 aliphatic heterocycles. The Hall–Kier alpha value is -2.81. The molecule has 0 atom stereocenters. The average Bonchev–Trinajstić information content (AvgIpc) is 2.56. The third-order valence-electron chi connectivity index (χ3n) is 3.13. The van der Waals surface area contributed by atoms with E-state index in [4.69, 9.17) is 22.7 Å². The highest BCUT2D eigenvalue weighted by atomic mass is 32.1. The number of thiocarbonyl (C=S) groups is 1. The maximum atomic E-state index is 12.8. The Morgan fingerprint density at radius 1 is 1.24 bits per heavy atom. The largest absolute Gasteiger partial charge is 0.496 e. The van der Waals surface area contributed by atoms with Crippen LogP contribution < -0.4 is 21.2 Å². The van der Waals surface area contributed by atoms with Gasteiger partial charge in [-0.3, -0.25) is 5.43 Å². The molecule has 0 saturated carbocycles. The van der Waals surface area contributed by atoms with Crippen molar-refractivity contribution < 1.29 is 17.9 Å². The molecule has 2 aromatic carbocycles. The molecule has 0 amide bonds. The lowest BCUT2D eigenvalue weighted by Gasteiger charge is -2.13. The van der Waals surface area contributed by atoms with Gasteiger partial charge in [-0.15, -0.1) is 0 Å². The highest BCUT2D eigenvalue weighted by Gasteiger charge is 2.33. The number of nitrogen functional groups attached to an aromatic ring is 1. The van der Waals surface area contributed by atoms with Gasteiger partial charge < -0.3 is 15.8 Å². The standard InChI is InChI=1S/C16H15F3N4OS/c1-24-14-5-3-2-4-10(14)9-21-23-15(25)22-11-6-7-13(20)12(8-11)16(17,18)19/h2-9H,20H2,1H3,(H2,22,23,25). The molecule has 9 heteroatoms. The van der Waals surface area contributed by atoms with Crippen LogP contribution in [0.25, 0.3) is 0 Å². The van der Waals surface area contributed by atoms with E-state index >= 15 is 0 Å². The summed E-state index contributed by atoms with van der Waals surface area (Å²) >= 11 is 5.00. The van der Waals surface area contributed by atoms with Gasteiger partial charge in [0.1, 0.15) is 5.75 Å². The molecule has 0 bridgehead atoms. The lowest BCUT2D eigenvalue weighted by atomic mass is 10.1. The molecule has 0 aliphatic rings. The lowest BCUT2D eigenvalue weighted by molar-refractivity contribution is -0.136. The predicted molar refractivity (Wildman–Crippen MR) is 95.8 cm³/mol. The fraction of sp³-hybridized carbons (Fsp3) is 0.125. The second-order valence-electron chi connectivity index (χ2n) is 4.87. The predicted octanol–water partition coefficient (Wildman–Crippen LogP) is 3.62. The van der Waals surface area contributed by atoms with Crippen molar-refractivity contribution in [1.29, 1.82) is 0 Å². The van der Waals surface area contributed by atoms with Crippen LogP contribution in [-0.2, 0) is 6.18 Å². The third-order valence-corrected chi connectivity index (χ3v) is 3.32. The molecule has 0 heterocycles. The van der Waals surface area contributed by atoms with E-state index in [1.165, 1.54) is 19.4 Å². The van der Waals surface area contributed by atoms with Gasteiger partial charge in [-0.1, -0.05) is 12.1 Å². The molecule has 0 radical (unpaired) electrons. The number of nitrogens with zero attached hydrogens (tertiary/aromatic N) is 1. The summed E-state index contributed by atoms with van der Waals surface area (Å²) in [5, 5.41) is 6.58. The summed E-state index contributed by atoms with van der Waals surface area (Å²) in [6.45, 7) is 0. The van der Waals surface area contributed by atoms with Crippen molar-refractivity contribution in [2.45, 2.75) is 6.18 Å². The monoisotopic (exact) mass is 368 g/mol. The summed E-state index contributed by atoms with van der Waals surface area (Å²) in [5.41, 5.74) is 7.44. The van der Waals surface area contributed by atoms with Gasteiger partial charge in [0.2, 0.25) is 0 Å². The van der Waals surface area contributed by atoms with Gasteiger partial charge in [0.15, 0.2) is 5.11 Å². The van der Waals surface area contributed by atoms with Crippen LogP contribution in [0, 0.1) is 0 Å². The summed E-state index contributed by atoms with van der Waals surface area (Å²) in [4.78, 5) is 0. The maximum absolute atomic E-state index is 12.8. The molecule has 25 heavy (non-hydrogen) atoms. The molecule has 0 saturated heterocycles. The minimum absolute atomic E-state index is 0.0315. The molecule has 5 nitrogen and oxygen atoms in total. The summed E-state index contributed by atoms with van der Waals surface area (Å²) in [5.74, 6) is 0.625. The van der Waals surface area contributed by atoms with Crippen molar-refractivity contribution in [2.24, 2.45) is 5.10 Å². The van der Waals surface area contributed by atoms with Gasteiger partial charge in [-0.2, -0.15) is 18.3 Å². The zero-order valence-electron chi connectivity index (χ0n) is 13.1. The first-order valence-electron chi connectivity index (χ1n) is 7.01. The van der Waals surface area contributed by atoms with Gasteiger partial charge in [0.25, 0.3) is 0 Å². The second-order valence-corrected chi connectivity index (χ2v) is 5.27. The number of rotatable bonds is 4. The highest BCUT2D eigenvalue weighted by Crippen LogP contribution is 2.35. The van der Waals surface area contributed by atoms with Crippen LogP contribution in [0.4, 0.5) is 24.5 Å². The minimum atomic E-state index is -4.54. The van der Waals surface area contributed by atoms with Crippen LogP contribution in [0.3, 0.4) is 0 Å². The van der Waals surface area contributed by atoms with Crippen LogP contribution in [0.15, 0.2) is 47.6 Å². The van der Waals surface area contributed by atoms with Gasteiger partial charge >= 0.3 is 6.18 Å². The van der Waals surface area contributed by atoms with Crippen molar-refractivity contribution in [3.8, 4) is 5.75 Å². The van der Waals surface area contributed by atoms with Crippen molar-refractivity contribution in [2.75, 3.05) is 18.2 Å². The number of hydrazone groups is 1. The van der Waals surface area contributed by atoms with Crippen molar-refractivity contribution in [3.05, 3.63) is 53.6 Å². The lowest BCUT2D eigenvalue weighted by Crippen LogP contribution is -2.24. The first-order chi connectivity index (χ1) is 11.8. The Morgan fingerprint density at radius 2 is 1.96 bits per heavy atom. The number of methoxy groups -OCH3 is 1. The fourth-order valence-corrected chi connectivity index (χ4v) is 2.14. The normalized spacial score (nSPS) is 11.4. The fourth-order valence-electron chi connectivity index (χ4n) is 1.97. The molecule has 132 valence electrons. The van der Waals surface area contributed by atoms with E-state index in [9.17, 15) is 13.2 Å². The number of anilines is 2. The van der Waals surface area contributed by atoms with E-state index in [0.29, 0.717) is 11.3 Å². The Balaban J connectivity index is 2.02. The van der Waals surface area contributed by atoms with Crippen LogP contribution >= 0.6 is 12.2 Å². The number of ether oxygens (including phenoxy) is 1. The molecule has 2 rings (SSSR count). The number of nitrogens with two attached hydrogens (primary N) is 1.